The van der Waals surface area contributed by atoms with E-state index in [1.165, 1.54) is 6.26 Å². The molecule has 6 heteroatoms. The van der Waals surface area contributed by atoms with Crippen LogP contribution in [0.4, 0.5) is 0 Å². The number of nitrogens with zero attached hydrogens (tertiary/aromatic N) is 1. The van der Waals surface area contributed by atoms with Crippen LogP contribution in [0.25, 0.3) is 0 Å². The number of piperidine rings is 1. The number of likely N-dealkylation sites (tertiary alicyclic amines) is 1. The second kappa shape index (κ2) is 5.73. The van der Waals surface area contributed by atoms with Gasteiger partial charge >= 0.3 is 5.97 Å². The Morgan fingerprint density at radius 1 is 1.43 bits per heavy atom. The van der Waals surface area contributed by atoms with E-state index >= 15 is 0 Å². The van der Waals surface area contributed by atoms with Gasteiger partial charge in [0.15, 0.2) is 0 Å². The Balaban J connectivity index is 1.95. The maximum absolute atomic E-state index is 12.3. The molecule has 2 aromatic heterocycles. The van der Waals surface area contributed by atoms with Crippen molar-refractivity contribution < 1.29 is 19.1 Å². The topological polar surface area (TPSA) is 70.8 Å². The first-order valence-electron chi connectivity index (χ1n) is 6.75. The molecule has 1 saturated heterocycles. The number of carboxylic acid groups (broad SMARTS) is 1. The number of carbonyl (C=O) groups excluding carboxylic acids is 1. The summed E-state index contributed by atoms with van der Waals surface area (Å²) in [6.45, 7) is 0.422. The molecule has 0 spiro atoms. The van der Waals surface area contributed by atoms with Crippen LogP contribution in [0, 0.1) is 5.92 Å². The summed E-state index contributed by atoms with van der Waals surface area (Å²) in [5.41, 5.74) is 0. The summed E-state index contributed by atoms with van der Waals surface area (Å²) in [5.74, 6) is -1.01. The van der Waals surface area contributed by atoms with E-state index in [1.807, 2.05) is 17.5 Å². The number of carbonyl (C=O) groups is 2. The van der Waals surface area contributed by atoms with Crippen molar-refractivity contribution in [2.24, 2.45) is 5.92 Å². The molecular formula is C15H15NO4S. The summed E-state index contributed by atoms with van der Waals surface area (Å²) in [6, 6.07) is 6.78. The highest BCUT2D eigenvalue weighted by Crippen LogP contribution is 2.38. The summed E-state index contributed by atoms with van der Waals surface area (Å²) < 4.78 is 5.40. The van der Waals surface area contributed by atoms with Crippen molar-refractivity contribution in [2.75, 3.05) is 0 Å². The fourth-order valence-electron chi connectivity index (χ4n) is 2.78. The van der Waals surface area contributed by atoms with Crippen LogP contribution in [0.1, 0.15) is 29.5 Å². The molecular weight excluding hydrogens is 290 g/mol. The summed E-state index contributed by atoms with van der Waals surface area (Å²) >= 11 is 1.56. The molecule has 5 nitrogen and oxygen atoms in total. The van der Waals surface area contributed by atoms with Crippen molar-refractivity contribution in [1.82, 2.24) is 4.90 Å². The number of hydrogen-bond donors (Lipinski definition) is 1. The second-order valence-electron chi connectivity index (χ2n) is 5.04. The van der Waals surface area contributed by atoms with E-state index in [1.54, 1.807) is 28.4 Å². The van der Waals surface area contributed by atoms with Crippen LogP contribution in [-0.2, 0) is 16.1 Å². The van der Waals surface area contributed by atoms with Crippen LogP contribution < -0.4 is 0 Å². The lowest BCUT2D eigenvalue weighted by atomic mass is 9.87. The summed E-state index contributed by atoms with van der Waals surface area (Å²) in [6.07, 6.45) is 2.12. The minimum absolute atomic E-state index is 0.0256. The molecule has 3 rings (SSSR count). The van der Waals surface area contributed by atoms with Crippen molar-refractivity contribution >= 4 is 23.2 Å². The highest BCUT2D eigenvalue weighted by Gasteiger charge is 2.42. The molecule has 21 heavy (non-hydrogen) atoms. The molecule has 1 aliphatic heterocycles. The molecule has 1 aliphatic rings. The first-order valence-corrected chi connectivity index (χ1v) is 7.63. The first kappa shape index (κ1) is 13.9. The van der Waals surface area contributed by atoms with E-state index < -0.39 is 17.9 Å². The Bertz CT molecular complexity index is 620. The lowest BCUT2D eigenvalue weighted by molar-refractivity contribution is -0.153. The summed E-state index contributed by atoms with van der Waals surface area (Å²) in [7, 11) is 0. The molecule has 2 unspecified atom stereocenters. The number of rotatable bonds is 4. The molecule has 0 saturated carbocycles. The van der Waals surface area contributed by atoms with Gasteiger partial charge in [-0.25, -0.2) is 0 Å². The maximum Gasteiger partial charge on any atom is 0.309 e. The fraction of sp³-hybridized carbons (Fsp3) is 0.333. The quantitative estimate of drug-likeness (QED) is 0.943. The van der Waals surface area contributed by atoms with Gasteiger partial charge in [0.1, 0.15) is 11.8 Å². The van der Waals surface area contributed by atoms with Gasteiger partial charge < -0.3 is 14.4 Å². The number of amides is 1. The maximum atomic E-state index is 12.3. The van der Waals surface area contributed by atoms with Crippen LogP contribution in [0.15, 0.2) is 40.3 Å². The minimum atomic E-state index is -0.889. The molecule has 110 valence electrons. The molecule has 1 fully saturated rings. The van der Waals surface area contributed by atoms with Gasteiger partial charge in [0.2, 0.25) is 5.91 Å². The predicted octanol–water partition coefficient (Wildman–Crippen LogP) is 2.91. The number of aliphatic carboxylic acids is 1. The van der Waals surface area contributed by atoms with Crippen molar-refractivity contribution in [3.05, 3.63) is 46.5 Å². The number of thiophene rings is 1. The predicted molar refractivity (Wildman–Crippen MR) is 76.7 cm³/mol. The van der Waals surface area contributed by atoms with E-state index in [2.05, 4.69) is 0 Å². The van der Waals surface area contributed by atoms with E-state index in [9.17, 15) is 14.7 Å². The number of hydrogen-bond acceptors (Lipinski definition) is 4. The first-order chi connectivity index (χ1) is 10.2. The average molecular weight is 305 g/mol. The van der Waals surface area contributed by atoms with Crippen LogP contribution in [-0.4, -0.2) is 21.9 Å². The minimum Gasteiger partial charge on any atom is -0.481 e. The average Bonchev–Trinajstić information content (AvgIpc) is 3.13. The molecule has 0 aromatic carbocycles. The van der Waals surface area contributed by atoms with Gasteiger partial charge in [-0.15, -0.1) is 11.3 Å². The standard InChI is InChI=1S/C15H15NO4S/c17-13-6-5-11(15(18)19)14(12-4-1-7-20-12)16(13)9-10-3-2-8-21-10/h1-4,7-8,11,14H,5-6,9H2,(H,18,19). The van der Waals surface area contributed by atoms with Crippen molar-refractivity contribution in [3.8, 4) is 0 Å². The van der Waals surface area contributed by atoms with Crippen LogP contribution >= 0.6 is 11.3 Å². The van der Waals surface area contributed by atoms with Crippen molar-refractivity contribution in [1.29, 1.82) is 0 Å². The summed E-state index contributed by atoms with van der Waals surface area (Å²) in [5, 5.41) is 11.4. The Morgan fingerprint density at radius 3 is 2.90 bits per heavy atom. The Hall–Kier alpha value is -2.08. The van der Waals surface area contributed by atoms with Gasteiger partial charge in [0, 0.05) is 11.3 Å². The van der Waals surface area contributed by atoms with Crippen LogP contribution in [0.2, 0.25) is 0 Å². The van der Waals surface area contributed by atoms with Crippen molar-refractivity contribution in [3.63, 3.8) is 0 Å². The third-order valence-corrected chi connectivity index (χ3v) is 4.63. The highest BCUT2D eigenvalue weighted by atomic mass is 32.1. The lowest BCUT2D eigenvalue weighted by Crippen LogP contribution is -2.44. The van der Waals surface area contributed by atoms with Gasteiger partial charge in [-0.3, -0.25) is 9.59 Å². The zero-order valence-corrected chi connectivity index (χ0v) is 12.1. The molecule has 1 amide bonds. The van der Waals surface area contributed by atoms with Crippen molar-refractivity contribution in [2.45, 2.75) is 25.4 Å². The Kier molecular flexibility index (Phi) is 3.79. The Morgan fingerprint density at radius 2 is 2.29 bits per heavy atom. The molecule has 1 N–H and O–H groups in total. The second-order valence-corrected chi connectivity index (χ2v) is 6.08. The normalized spacial score (nSPS) is 22.5. The molecule has 0 aliphatic carbocycles. The SMILES string of the molecule is O=C(O)C1CCC(=O)N(Cc2cccs2)C1c1ccco1. The smallest absolute Gasteiger partial charge is 0.309 e. The van der Waals surface area contributed by atoms with Gasteiger partial charge in [-0.1, -0.05) is 6.07 Å². The zero-order chi connectivity index (χ0) is 14.8. The van der Waals surface area contributed by atoms with E-state index in [-0.39, 0.29) is 12.3 Å². The van der Waals surface area contributed by atoms with Gasteiger partial charge in [-0.05, 0) is 30.0 Å². The molecule has 2 atom stereocenters. The highest BCUT2D eigenvalue weighted by molar-refractivity contribution is 7.09. The monoisotopic (exact) mass is 305 g/mol. The zero-order valence-electron chi connectivity index (χ0n) is 11.3. The fourth-order valence-corrected chi connectivity index (χ4v) is 3.48. The van der Waals surface area contributed by atoms with Gasteiger partial charge in [0.05, 0.1) is 18.7 Å². The van der Waals surface area contributed by atoms with E-state index in [4.69, 9.17) is 4.42 Å². The van der Waals surface area contributed by atoms with Gasteiger partial charge in [0.25, 0.3) is 0 Å². The molecule has 3 heterocycles. The third-order valence-electron chi connectivity index (χ3n) is 3.76. The van der Waals surface area contributed by atoms with E-state index in [0.29, 0.717) is 18.7 Å². The molecule has 0 bridgehead atoms. The lowest BCUT2D eigenvalue weighted by Gasteiger charge is -2.38. The van der Waals surface area contributed by atoms with Crippen LogP contribution in [0.5, 0.6) is 0 Å². The Labute approximate surface area is 125 Å². The summed E-state index contributed by atoms with van der Waals surface area (Å²) in [4.78, 5) is 26.5. The van der Waals surface area contributed by atoms with Gasteiger partial charge in [-0.2, -0.15) is 0 Å². The molecule has 2 aromatic rings. The third kappa shape index (κ3) is 2.71. The number of carboxylic acids is 1. The number of furan rings is 1. The molecule has 0 radical (unpaired) electrons. The largest absolute Gasteiger partial charge is 0.481 e. The van der Waals surface area contributed by atoms with E-state index in [0.717, 1.165) is 4.88 Å². The van der Waals surface area contributed by atoms with Crippen LogP contribution in [0.3, 0.4) is 0 Å².